The fourth-order valence-electron chi connectivity index (χ4n) is 9.64. The first-order valence-electron chi connectivity index (χ1n) is 29.0. The maximum Gasteiger partial charge on any atom is 0.598 e. The van der Waals surface area contributed by atoms with E-state index in [1.807, 2.05) is 6.07 Å². The van der Waals surface area contributed by atoms with Gasteiger partial charge in [-0.1, -0.05) is 75.2 Å². The number of phosphoric ester groups is 1. The van der Waals surface area contributed by atoms with E-state index in [1.54, 1.807) is 52.0 Å². The highest BCUT2D eigenvalue weighted by Crippen LogP contribution is 2.56. The SMILES string of the molecule is CC(=O)CCC(=O)OC[C@H]1O[C@@H](n2cnc3c(=O)[nH]c(NC(=O)C(C)C)nc32)[C@H](OC2CCCO2)[C@@H]1OP(=O)(OCCC#N)Oc1ccccc1Cl.CC(C)C(=O)Nc1nc2c(ncn2[C@@H]2O[C@H](CO)[C@](O)([P+](=O)Oc3ccccc3Cl)[C@H]2OC2CCCO2)c(=O)[nH]1. The molecule has 36 heteroatoms. The number of phosphoric acid groups is 1. The monoisotopic (exact) mass is 1360 g/mol. The summed E-state index contributed by atoms with van der Waals surface area (Å²) in [7, 11) is -7.76. The van der Waals surface area contributed by atoms with Gasteiger partial charge in [-0.25, -0.2) is 14.5 Å². The number of aliphatic hydroxyl groups is 2. The van der Waals surface area contributed by atoms with Crippen LogP contribution in [0, 0.1) is 23.2 Å². The Morgan fingerprint density at radius 2 is 1.38 bits per heavy atom. The predicted octanol–water partition coefficient (Wildman–Crippen LogP) is 6.49. The van der Waals surface area contributed by atoms with Crippen LogP contribution in [0.3, 0.4) is 0 Å². The summed E-state index contributed by atoms with van der Waals surface area (Å²) in [5, 5.41) is 34.2. The fourth-order valence-corrected chi connectivity index (χ4v) is 12.8. The van der Waals surface area contributed by atoms with E-state index in [0.29, 0.717) is 38.9 Å². The lowest BCUT2D eigenvalue weighted by Gasteiger charge is -2.29. The number of hydrogen-bond donors (Lipinski definition) is 6. The number of H-pyrrole nitrogens is 2. The molecular formula is C56H66Cl2N11O21P2+. The molecule has 0 radical (unpaired) electrons. The Morgan fingerprint density at radius 3 is 1.90 bits per heavy atom. The average Bonchev–Trinajstić information content (AvgIpc) is 1.58. The Hall–Kier alpha value is -7.18. The van der Waals surface area contributed by atoms with Gasteiger partial charge >= 0.3 is 27.2 Å². The first-order chi connectivity index (χ1) is 44.0. The zero-order chi connectivity index (χ0) is 66.0. The van der Waals surface area contributed by atoms with Crippen molar-refractivity contribution >= 4 is 96.8 Å². The molecule has 12 atom stereocenters. The number of ether oxygens (including phenoxy) is 7. The van der Waals surface area contributed by atoms with Crippen molar-refractivity contribution in [1.29, 1.82) is 5.26 Å². The number of para-hydroxylation sites is 2. The molecule has 2 amide bonds. The summed E-state index contributed by atoms with van der Waals surface area (Å²) >= 11 is 12.5. The first kappa shape index (κ1) is 69.2. The Kier molecular flexibility index (Phi) is 23.1. The molecule has 6 aromatic rings. The maximum absolute atomic E-state index is 14.4. The molecule has 6 N–H and O–H groups in total. The quantitative estimate of drug-likeness (QED) is 0.0192. The van der Waals surface area contributed by atoms with Gasteiger partial charge in [0.15, 0.2) is 59.6 Å². The third kappa shape index (κ3) is 16.2. The zero-order valence-electron chi connectivity index (χ0n) is 50.0. The molecule has 4 aliphatic rings. The number of benzene rings is 2. The number of aromatic amines is 2. The van der Waals surface area contributed by atoms with Crippen LogP contribution in [0.25, 0.3) is 22.3 Å². The van der Waals surface area contributed by atoms with Gasteiger partial charge in [0.2, 0.25) is 29.5 Å². The van der Waals surface area contributed by atoms with Crippen LogP contribution in [-0.2, 0) is 70.5 Å². The average molecular weight is 1360 g/mol. The number of anilines is 2. The van der Waals surface area contributed by atoms with E-state index in [9.17, 15) is 48.1 Å². The second-order valence-electron chi connectivity index (χ2n) is 21.8. The molecule has 10 rings (SSSR count). The minimum Gasteiger partial charge on any atom is -0.463 e. The van der Waals surface area contributed by atoms with Crippen LogP contribution in [0.4, 0.5) is 11.9 Å². The van der Waals surface area contributed by atoms with Crippen molar-refractivity contribution in [3.8, 4) is 17.6 Å². The number of nitrogens with one attached hydrogen (secondary N) is 4. The van der Waals surface area contributed by atoms with E-state index in [2.05, 4.69) is 40.5 Å². The molecule has 0 aliphatic carbocycles. The van der Waals surface area contributed by atoms with Gasteiger partial charge in [-0.2, -0.15) is 15.2 Å². The van der Waals surface area contributed by atoms with Gasteiger partial charge in [0.25, 0.3) is 11.1 Å². The van der Waals surface area contributed by atoms with Gasteiger partial charge in [-0.3, -0.25) is 67.3 Å². The molecular weight excluding hydrogens is 1300 g/mol. The van der Waals surface area contributed by atoms with Crippen LogP contribution in [-0.4, -0.2) is 154 Å². The Balaban J connectivity index is 0.000000225. The third-order valence-electron chi connectivity index (χ3n) is 14.4. The van der Waals surface area contributed by atoms with Gasteiger partial charge in [-0.15, -0.1) is 0 Å². The Bertz CT molecular complexity index is 3870. The molecule has 32 nitrogen and oxygen atoms in total. The van der Waals surface area contributed by atoms with Crippen LogP contribution < -0.4 is 30.8 Å². The lowest BCUT2D eigenvalue weighted by atomic mass is 10.1. The number of carbonyl (C=O) groups excluding carboxylic acids is 4. The summed E-state index contributed by atoms with van der Waals surface area (Å²) in [6.45, 7) is 7.23. The van der Waals surface area contributed by atoms with Crippen molar-refractivity contribution in [1.82, 2.24) is 39.0 Å². The van der Waals surface area contributed by atoms with E-state index in [-0.39, 0.29) is 99.2 Å². The number of aliphatic hydroxyl groups excluding tert-OH is 1. The van der Waals surface area contributed by atoms with Gasteiger partial charge in [0.05, 0.1) is 54.8 Å². The molecule has 494 valence electrons. The van der Waals surface area contributed by atoms with Crippen molar-refractivity contribution in [3.05, 3.63) is 91.9 Å². The number of nitriles is 1. The van der Waals surface area contributed by atoms with E-state index in [4.69, 9.17) is 79.7 Å². The van der Waals surface area contributed by atoms with Crippen LogP contribution in [0.15, 0.2) is 70.8 Å². The minimum absolute atomic E-state index is 0.0167. The molecule has 8 heterocycles. The van der Waals surface area contributed by atoms with Crippen LogP contribution in [0.2, 0.25) is 10.0 Å². The third-order valence-corrected chi connectivity index (χ3v) is 17.9. The Morgan fingerprint density at radius 1 is 0.826 bits per heavy atom. The molecule has 2 aromatic carbocycles. The number of amides is 2. The number of hydrogen-bond acceptors (Lipinski definition) is 26. The number of fused-ring (bicyclic) bond motifs is 2. The molecule has 4 unspecified atom stereocenters. The van der Waals surface area contributed by atoms with Crippen molar-refractivity contribution in [2.45, 2.75) is 140 Å². The zero-order valence-corrected chi connectivity index (χ0v) is 53.3. The molecule has 4 aromatic heterocycles. The lowest BCUT2D eigenvalue weighted by molar-refractivity contribution is -0.188. The summed E-state index contributed by atoms with van der Waals surface area (Å²) < 4.78 is 95.5. The number of imidazole rings is 2. The Labute approximate surface area is 534 Å². The smallest absolute Gasteiger partial charge is 0.463 e. The van der Waals surface area contributed by atoms with Gasteiger partial charge in [0.1, 0.15) is 36.5 Å². The summed E-state index contributed by atoms with van der Waals surface area (Å²) in [5.41, 5.74) is -1.53. The van der Waals surface area contributed by atoms with Gasteiger partial charge < -0.3 is 52.7 Å². The molecule has 0 spiro atoms. The number of rotatable bonds is 26. The summed E-state index contributed by atoms with van der Waals surface area (Å²) in [5.74, 6) is -2.83. The largest absolute Gasteiger partial charge is 0.598 e. The first-order valence-corrected chi connectivity index (χ1v) is 32.4. The number of carbonyl (C=O) groups is 4. The predicted molar refractivity (Wildman–Crippen MR) is 322 cm³/mol. The molecule has 4 fully saturated rings. The van der Waals surface area contributed by atoms with Gasteiger partial charge in [0, 0.05) is 44.3 Å². The second-order valence-corrected chi connectivity index (χ2v) is 25.6. The maximum atomic E-state index is 14.4. The lowest BCUT2D eigenvalue weighted by Crippen LogP contribution is -2.49. The number of halogens is 2. The molecule has 0 bridgehead atoms. The minimum atomic E-state index is -4.70. The number of aromatic nitrogens is 8. The van der Waals surface area contributed by atoms with Crippen LogP contribution >= 0.6 is 39.1 Å². The topological polar surface area (TPSA) is 419 Å². The summed E-state index contributed by atoms with van der Waals surface area (Å²) in [4.78, 5) is 96.6. The second kappa shape index (κ2) is 30.7. The van der Waals surface area contributed by atoms with E-state index in [1.165, 1.54) is 53.0 Å². The van der Waals surface area contributed by atoms with E-state index >= 15 is 0 Å². The number of ketones is 1. The number of esters is 1. The van der Waals surface area contributed by atoms with E-state index < -0.39 is 119 Å². The van der Waals surface area contributed by atoms with Crippen molar-refractivity contribution < 1.29 is 89.8 Å². The van der Waals surface area contributed by atoms with Crippen molar-refractivity contribution in [2.75, 3.05) is 43.7 Å². The highest BCUT2D eigenvalue weighted by molar-refractivity contribution is 7.49. The van der Waals surface area contributed by atoms with Crippen LogP contribution in [0.1, 0.15) is 92.0 Å². The molecule has 4 saturated heterocycles. The molecule has 92 heavy (non-hydrogen) atoms. The molecule has 0 saturated carbocycles. The van der Waals surface area contributed by atoms with Crippen LogP contribution in [0.5, 0.6) is 11.5 Å². The summed E-state index contributed by atoms with van der Waals surface area (Å²) in [6.07, 6.45) is -6.56. The number of nitrogens with zero attached hydrogens (tertiary/aromatic N) is 7. The normalized spacial score (nSPS) is 24.5. The van der Waals surface area contributed by atoms with Crippen molar-refractivity contribution in [3.63, 3.8) is 0 Å². The van der Waals surface area contributed by atoms with Gasteiger partial charge in [-0.05, 0) is 48.6 Å². The summed E-state index contributed by atoms with van der Waals surface area (Å²) in [6, 6.07) is 14.3. The fraction of sp³-hybridized carbons (Fsp3) is 0.518. The molecule has 4 aliphatic heterocycles. The highest BCUT2D eigenvalue weighted by atomic mass is 35.5. The number of Topliss-reactive ketones (excluding diaryl/α,β-unsaturated/α-hetero) is 1. The van der Waals surface area contributed by atoms with E-state index in [0.717, 1.165) is 0 Å². The highest BCUT2D eigenvalue weighted by Gasteiger charge is 2.73. The van der Waals surface area contributed by atoms with Crippen molar-refractivity contribution in [2.24, 2.45) is 11.8 Å². The standard InChI is InChI=1S/C32H38ClN6O12P.C24H27ClN5O9P/c1-18(2)29(42)37-32-36-28-25(30(43)38-32)35-17-39(28)31-27(49-24-10-6-14-45-24)26(22(48-31)16-46-23(41)12-11-19(3)40)51-52(44,47-15-7-13-34)50-21-9-5-4-8-20(21)33;1-12(2)20(32)28-23-27-19-17(21(33)29-23)26-11-30(19)22-18(38-16-8-5-9-36-16)24(34,15(10-31)37-22)40(35)39-14-7-4-3-6-13(14)25/h4-5,8-9,17-18,22,24,26-27,31H,6-7,10-12,14-16H2,1-3H3,(H2,36,37,38,42,43);3-4,6-7,11-12,15-16,18,22,31,34H,5,8-10H2,1-2H3,(H-,27,28,29,32,33)/p+1/t22-,24?,26-,27-,31-,52?;15-,16?,18+,22-,24+/m11/s1.